The second-order valence-electron chi connectivity index (χ2n) is 6.31. The Labute approximate surface area is 156 Å². The number of thioether (sulfide) groups is 1. The Morgan fingerprint density at radius 1 is 1.13 bits per heavy atom. The lowest BCUT2D eigenvalue weighted by atomic mass is 9.79. The number of nitrogens with one attached hydrogen (secondary N) is 1. The monoisotopic (exact) mass is 378 g/mol. The van der Waals surface area contributed by atoms with Gasteiger partial charge in [-0.05, 0) is 25.7 Å². The summed E-state index contributed by atoms with van der Waals surface area (Å²) in [5.74, 6) is 2.67. The van der Waals surface area contributed by atoms with E-state index >= 15 is 0 Å². The SMILES string of the molecule is Cl.Cl.NC1CC(c2cc(NCCSC3CCCCC3)ncn2)C1. The summed E-state index contributed by atoms with van der Waals surface area (Å²) < 4.78 is 0. The van der Waals surface area contributed by atoms with Gasteiger partial charge in [-0.15, -0.1) is 24.8 Å². The van der Waals surface area contributed by atoms with Gasteiger partial charge >= 0.3 is 0 Å². The van der Waals surface area contributed by atoms with Crippen molar-refractivity contribution in [1.82, 2.24) is 9.97 Å². The molecule has 0 radical (unpaired) electrons. The van der Waals surface area contributed by atoms with Gasteiger partial charge in [0.2, 0.25) is 0 Å². The lowest BCUT2D eigenvalue weighted by molar-refractivity contribution is 0.345. The molecule has 1 heterocycles. The molecule has 7 heteroatoms. The maximum Gasteiger partial charge on any atom is 0.129 e. The summed E-state index contributed by atoms with van der Waals surface area (Å²) >= 11 is 2.12. The van der Waals surface area contributed by atoms with E-state index in [0.29, 0.717) is 12.0 Å². The second-order valence-corrected chi connectivity index (χ2v) is 7.72. The first-order valence-corrected chi connectivity index (χ1v) is 9.29. The van der Waals surface area contributed by atoms with Crippen molar-refractivity contribution in [1.29, 1.82) is 0 Å². The van der Waals surface area contributed by atoms with Crippen molar-refractivity contribution in [2.24, 2.45) is 5.73 Å². The van der Waals surface area contributed by atoms with Crippen LogP contribution in [0.5, 0.6) is 0 Å². The molecule has 2 fully saturated rings. The van der Waals surface area contributed by atoms with Crippen molar-refractivity contribution in [2.75, 3.05) is 17.6 Å². The van der Waals surface area contributed by atoms with Crippen LogP contribution in [0.1, 0.15) is 56.6 Å². The molecular formula is C16H28Cl2N4S. The van der Waals surface area contributed by atoms with E-state index in [1.54, 1.807) is 6.33 Å². The highest BCUT2D eigenvalue weighted by molar-refractivity contribution is 7.99. The molecule has 2 saturated carbocycles. The van der Waals surface area contributed by atoms with E-state index in [1.807, 2.05) is 0 Å². The van der Waals surface area contributed by atoms with Crippen molar-refractivity contribution < 1.29 is 0 Å². The third-order valence-corrected chi connectivity index (χ3v) is 5.98. The van der Waals surface area contributed by atoms with Gasteiger partial charge in [0.05, 0.1) is 0 Å². The highest BCUT2D eigenvalue weighted by Gasteiger charge is 2.28. The number of hydrogen-bond acceptors (Lipinski definition) is 5. The molecule has 0 unspecified atom stereocenters. The van der Waals surface area contributed by atoms with Crippen molar-refractivity contribution in [3.05, 3.63) is 18.1 Å². The molecule has 0 saturated heterocycles. The Morgan fingerprint density at radius 3 is 2.57 bits per heavy atom. The number of hydrogen-bond donors (Lipinski definition) is 2. The Morgan fingerprint density at radius 2 is 1.87 bits per heavy atom. The number of rotatable bonds is 6. The number of nitrogens with two attached hydrogens (primary N) is 1. The van der Waals surface area contributed by atoms with Crippen LogP contribution in [0.4, 0.5) is 5.82 Å². The molecule has 2 aliphatic carbocycles. The first-order valence-electron chi connectivity index (χ1n) is 8.24. The van der Waals surface area contributed by atoms with Crippen LogP contribution in [0.3, 0.4) is 0 Å². The molecular weight excluding hydrogens is 351 g/mol. The van der Waals surface area contributed by atoms with Gasteiger partial charge in [0, 0.05) is 41.3 Å². The molecule has 2 aliphatic rings. The smallest absolute Gasteiger partial charge is 0.129 e. The molecule has 3 N–H and O–H groups in total. The number of aromatic nitrogens is 2. The molecule has 1 aromatic heterocycles. The summed E-state index contributed by atoms with van der Waals surface area (Å²) in [6, 6.07) is 2.47. The molecule has 0 amide bonds. The number of halogens is 2. The molecule has 4 nitrogen and oxygen atoms in total. The zero-order valence-electron chi connectivity index (χ0n) is 13.4. The predicted molar refractivity (Wildman–Crippen MR) is 104 cm³/mol. The Balaban J connectivity index is 0.00000132. The third-order valence-electron chi connectivity index (χ3n) is 4.59. The third kappa shape index (κ3) is 6.29. The van der Waals surface area contributed by atoms with Crippen LogP contribution in [0.2, 0.25) is 0 Å². The Kier molecular flexibility index (Phi) is 9.59. The molecule has 0 aliphatic heterocycles. The molecule has 3 rings (SSSR count). The van der Waals surface area contributed by atoms with Gasteiger partial charge in [0.15, 0.2) is 0 Å². The van der Waals surface area contributed by atoms with E-state index in [0.717, 1.165) is 41.9 Å². The molecule has 0 aromatic carbocycles. The maximum atomic E-state index is 5.85. The maximum absolute atomic E-state index is 5.85. The minimum Gasteiger partial charge on any atom is -0.369 e. The van der Waals surface area contributed by atoms with Crippen LogP contribution in [0.25, 0.3) is 0 Å². The fourth-order valence-electron chi connectivity index (χ4n) is 3.23. The highest BCUT2D eigenvalue weighted by Crippen LogP contribution is 2.34. The van der Waals surface area contributed by atoms with Gasteiger partial charge in [-0.2, -0.15) is 11.8 Å². The first-order chi connectivity index (χ1) is 10.3. The quantitative estimate of drug-likeness (QED) is 0.732. The molecule has 0 spiro atoms. The fourth-order valence-corrected chi connectivity index (χ4v) is 4.45. The number of anilines is 1. The van der Waals surface area contributed by atoms with Crippen LogP contribution in [0, 0.1) is 0 Å². The van der Waals surface area contributed by atoms with Gasteiger partial charge in [-0.25, -0.2) is 9.97 Å². The van der Waals surface area contributed by atoms with E-state index in [9.17, 15) is 0 Å². The summed E-state index contributed by atoms with van der Waals surface area (Å²) in [6.07, 6.45) is 10.9. The molecule has 0 bridgehead atoms. The summed E-state index contributed by atoms with van der Waals surface area (Å²) in [5.41, 5.74) is 7.00. The Hall–Kier alpha value is -0.230. The summed E-state index contributed by atoms with van der Waals surface area (Å²) in [4.78, 5) is 8.71. The number of nitrogens with zero attached hydrogens (tertiary/aromatic N) is 2. The van der Waals surface area contributed by atoms with Gasteiger partial charge in [0.1, 0.15) is 12.1 Å². The van der Waals surface area contributed by atoms with Gasteiger partial charge in [-0.3, -0.25) is 0 Å². The van der Waals surface area contributed by atoms with Gasteiger partial charge < -0.3 is 11.1 Å². The van der Waals surface area contributed by atoms with Gasteiger partial charge in [0.25, 0.3) is 0 Å². The Bertz CT molecular complexity index is 451. The first kappa shape index (κ1) is 20.8. The van der Waals surface area contributed by atoms with E-state index in [4.69, 9.17) is 5.73 Å². The average molecular weight is 379 g/mol. The predicted octanol–water partition coefficient (Wildman–Crippen LogP) is 4.00. The van der Waals surface area contributed by atoms with Crippen molar-refractivity contribution in [3.63, 3.8) is 0 Å². The minimum absolute atomic E-state index is 0. The summed E-state index contributed by atoms with van der Waals surface area (Å²) in [7, 11) is 0. The summed E-state index contributed by atoms with van der Waals surface area (Å²) in [5, 5.41) is 4.32. The molecule has 132 valence electrons. The highest BCUT2D eigenvalue weighted by atomic mass is 35.5. The zero-order chi connectivity index (χ0) is 14.5. The topological polar surface area (TPSA) is 63.8 Å². The van der Waals surface area contributed by atoms with Crippen molar-refractivity contribution >= 4 is 42.4 Å². The van der Waals surface area contributed by atoms with E-state index in [-0.39, 0.29) is 24.8 Å². The van der Waals surface area contributed by atoms with Crippen LogP contribution in [0.15, 0.2) is 12.4 Å². The van der Waals surface area contributed by atoms with Crippen molar-refractivity contribution in [3.8, 4) is 0 Å². The van der Waals surface area contributed by atoms with E-state index in [2.05, 4.69) is 33.1 Å². The lowest BCUT2D eigenvalue weighted by Gasteiger charge is -2.31. The normalized spacial score (nSPS) is 24.0. The lowest BCUT2D eigenvalue weighted by Crippen LogP contribution is -2.35. The second kappa shape index (κ2) is 10.6. The van der Waals surface area contributed by atoms with E-state index in [1.165, 1.54) is 32.1 Å². The largest absolute Gasteiger partial charge is 0.369 e. The van der Waals surface area contributed by atoms with Crippen LogP contribution in [-0.4, -0.2) is 33.6 Å². The molecule has 1 aromatic rings. The molecule has 23 heavy (non-hydrogen) atoms. The summed E-state index contributed by atoms with van der Waals surface area (Å²) in [6.45, 7) is 0.988. The minimum atomic E-state index is 0. The zero-order valence-corrected chi connectivity index (χ0v) is 15.9. The molecule has 0 atom stereocenters. The van der Waals surface area contributed by atoms with Crippen molar-refractivity contribution in [2.45, 2.75) is 62.2 Å². The van der Waals surface area contributed by atoms with Crippen LogP contribution in [-0.2, 0) is 0 Å². The van der Waals surface area contributed by atoms with Crippen LogP contribution < -0.4 is 11.1 Å². The average Bonchev–Trinajstić information content (AvgIpc) is 2.50. The van der Waals surface area contributed by atoms with Crippen LogP contribution >= 0.6 is 36.6 Å². The van der Waals surface area contributed by atoms with E-state index < -0.39 is 0 Å². The van der Waals surface area contributed by atoms with Gasteiger partial charge in [-0.1, -0.05) is 19.3 Å². The standard InChI is InChI=1S/C16H26N4S.2ClH/c17-13-8-12(9-13)15-10-16(20-11-19-15)18-6-7-21-14-4-2-1-3-5-14;;/h10-14H,1-9,17H2,(H,18,19,20);2*1H. The fraction of sp³-hybridized carbons (Fsp3) is 0.750.